The minimum Gasteiger partial charge on any atom is -0.483 e. The molecule has 0 atom stereocenters. The topological polar surface area (TPSA) is 61.0 Å². The van der Waals surface area contributed by atoms with Crippen LogP contribution in [0.15, 0.2) is 40.3 Å². The van der Waals surface area contributed by atoms with E-state index in [9.17, 15) is 0 Å². The van der Waals surface area contributed by atoms with Crippen LogP contribution in [0.25, 0.3) is 10.6 Å². The highest BCUT2D eigenvalue weighted by Crippen LogP contribution is 2.31. The minimum atomic E-state index is 0.217. The summed E-state index contributed by atoms with van der Waals surface area (Å²) in [5, 5.41) is 10.9. The first-order valence-electron chi connectivity index (χ1n) is 6.68. The lowest BCUT2D eigenvalue weighted by Gasteiger charge is -2.07. The van der Waals surface area contributed by atoms with E-state index in [-0.39, 0.29) is 12.5 Å². The van der Waals surface area contributed by atoms with Crippen LogP contribution in [0.5, 0.6) is 5.75 Å². The van der Waals surface area contributed by atoms with Crippen LogP contribution < -0.4 is 4.74 Å². The monoisotopic (exact) mass is 301 g/mol. The molecule has 0 fully saturated rings. The molecule has 2 aromatic heterocycles. The Labute approximate surface area is 126 Å². The largest absolute Gasteiger partial charge is 0.483 e. The number of para-hydroxylation sites is 1. The lowest BCUT2D eigenvalue weighted by atomic mass is 10.2. The molecular formula is C15H15N3O2S. The standard InChI is InChI=1S/C15H15N3O2S/c1-10(2)14-18-17-13(20-14)9-19-12-6-4-3-5-11(12)15-16-7-8-21-15/h3-8,10H,9H2,1-2H3. The van der Waals surface area contributed by atoms with Gasteiger partial charge in [0.1, 0.15) is 10.8 Å². The fraction of sp³-hybridized carbons (Fsp3) is 0.267. The maximum Gasteiger partial charge on any atom is 0.253 e. The van der Waals surface area contributed by atoms with Gasteiger partial charge in [0, 0.05) is 17.5 Å². The average molecular weight is 301 g/mol. The van der Waals surface area contributed by atoms with Crippen LogP contribution in [0.1, 0.15) is 31.5 Å². The molecule has 108 valence electrons. The van der Waals surface area contributed by atoms with E-state index in [0.29, 0.717) is 11.8 Å². The summed E-state index contributed by atoms with van der Waals surface area (Å²) in [7, 11) is 0. The van der Waals surface area contributed by atoms with Gasteiger partial charge in [0.2, 0.25) is 5.89 Å². The Hall–Kier alpha value is -2.21. The van der Waals surface area contributed by atoms with Crippen molar-refractivity contribution in [1.29, 1.82) is 0 Å². The summed E-state index contributed by atoms with van der Waals surface area (Å²) >= 11 is 1.58. The predicted molar refractivity (Wildman–Crippen MR) is 80.3 cm³/mol. The Morgan fingerprint density at radius 1 is 1.24 bits per heavy atom. The third kappa shape index (κ3) is 3.11. The highest BCUT2D eigenvalue weighted by molar-refractivity contribution is 7.13. The molecule has 3 aromatic rings. The van der Waals surface area contributed by atoms with Crippen LogP contribution in [-0.2, 0) is 6.61 Å². The van der Waals surface area contributed by atoms with Gasteiger partial charge in [-0.25, -0.2) is 4.98 Å². The lowest BCUT2D eigenvalue weighted by molar-refractivity contribution is 0.258. The van der Waals surface area contributed by atoms with Gasteiger partial charge in [-0.05, 0) is 12.1 Å². The van der Waals surface area contributed by atoms with Crippen molar-refractivity contribution in [3.63, 3.8) is 0 Å². The molecule has 0 aliphatic rings. The number of hydrogen-bond acceptors (Lipinski definition) is 6. The Morgan fingerprint density at radius 3 is 2.81 bits per heavy atom. The van der Waals surface area contributed by atoms with E-state index >= 15 is 0 Å². The molecule has 0 aliphatic carbocycles. The molecule has 0 amide bonds. The van der Waals surface area contributed by atoms with E-state index in [2.05, 4.69) is 15.2 Å². The van der Waals surface area contributed by atoms with Crippen molar-refractivity contribution in [3.8, 4) is 16.3 Å². The zero-order valence-corrected chi connectivity index (χ0v) is 12.6. The van der Waals surface area contributed by atoms with E-state index < -0.39 is 0 Å². The highest BCUT2D eigenvalue weighted by atomic mass is 32.1. The summed E-state index contributed by atoms with van der Waals surface area (Å²) in [4.78, 5) is 4.32. The molecule has 0 bridgehead atoms. The molecule has 0 N–H and O–H groups in total. The summed E-state index contributed by atoms with van der Waals surface area (Å²) < 4.78 is 11.3. The maximum absolute atomic E-state index is 5.81. The number of nitrogens with zero attached hydrogens (tertiary/aromatic N) is 3. The SMILES string of the molecule is CC(C)c1nnc(COc2ccccc2-c2nccs2)o1. The van der Waals surface area contributed by atoms with Crippen molar-refractivity contribution in [2.24, 2.45) is 0 Å². The summed E-state index contributed by atoms with van der Waals surface area (Å²) in [6.07, 6.45) is 1.78. The summed E-state index contributed by atoms with van der Waals surface area (Å²) in [6, 6.07) is 7.80. The van der Waals surface area contributed by atoms with Crippen molar-refractivity contribution in [3.05, 3.63) is 47.6 Å². The molecule has 0 unspecified atom stereocenters. The quantitative estimate of drug-likeness (QED) is 0.715. The highest BCUT2D eigenvalue weighted by Gasteiger charge is 2.12. The molecule has 0 saturated carbocycles. The second kappa shape index (κ2) is 6.05. The van der Waals surface area contributed by atoms with E-state index in [0.717, 1.165) is 16.3 Å². The average Bonchev–Trinajstić information content (AvgIpc) is 3.17. The van der Waals surface area contributed by atoms with E-state index in [1.807, 2.05) is 43.5 Å². The zero-order valence-electron chi connectivity index (χ0n) is 11.8. The smallest absolute Gasteiger partial charge is 0.253 e. The zero-order chi connectivity index (χ0) is 14.7. The van der Waals surface area contributed by atoms with Crippen LogP contribution in [0.3, 0.4) is 0 Å². The molecule has 1 aromatic carbocycles. The minimum absolute atomic E-state index is 0.217. The first-order valence-corrected chi connectivity index (χ1v) is 7.56. The molecule has 5 nitrogen and oxygen atoms in total. The second-order valence-corrected chi connectivity index (χ2v) is 5.71. The fourth-order valence-corrected chi connectivity index (χ4v) is 2.49. The van der Waals surface area contributed by atoms with Crippen molar-refractivity contribution in [2.75, 3.05) is 0 Å². The molecular weight excluding hydrogens is 286 g/mol. The van der Waals surface area contributed by atoms with Crippen LogP contribution >= 0.6 is 11.3 Å². The van der Waals surface area contributed by atoms with E-state index in [4.69, 9.17) is 9.15 Å². The number of ether oxygens (including phenoxy) is 1. The van der Waals surface area contributed by atoms with Crippen molar-refractivity contribution >= 4 is 11.3 Å². The van der Waals surface area contributed by atoms with Gasteiger partial charge in [0.25, 0.3) is 5.89 Å². The number of aromatic nitrogens is 3. The molecule has 6 heteroatoms. The summed E-state index contributed by atoms with van der Waals surface area (Å²) in [5.74, 6) is 2.08. The van der Waals surface area contributed by atoms with Crippen molar-refractivity contribution in [1.82, 2.24) is 15.2 Å². The number of benzene rings is 1. The van der Waals surface area contributed by atoms with Gasteiger partial charge in [0.05, 0.1) is 5.56 Å². The molecule has 0 saturated heterocycles. The molecule has 3 rings (SSSR count). The number of rotatable bonds is 5. The van der Waals surface area contributed by atoms with Crippen molar-refractivity contribution < 1.29 is 9.15 Å². The number of hydrogen-bond donors (Lipinski definition) is 0. The Balaban J connectivity index is 1.76. The molecule has 2 heterocycles. The van der Waals surface area contributed by atoms with Gasteiger partial charge in [-0.2, -0.15) is 0 Å². The van der Waals surface area contributed by atoms with Crippen molar-refractivity contribution in [2.45, 2.75) is 26.4 Å². The van der Waals surface area contributed by atoms with Gasteiger partial charge in [-0.15, -0.1) is 21.5 Å². The van der Waals surface area contributed by atoms with E-state index in [1.54, 1.807) is 17.5 Å². The predicted octanol–water partition coefficient (Wildman–Crippen LogP) is 3.90. The Kier molecular flexibility index (Phi) is 3.96. The number of thiazole rings is 1. The van der Waals surface area contributed by atoms with Crippen LogP contribution in [0.2, 0.25) is 0 Å². The molecule has 21 heavy (non-hydrogen) atoms. The second-order valence-electron chi connectivity index (χ2n) is 4.81. The summed E-state index contributed by atoms with van der Waals surface area (Å²) in [6.45, 7) is 4.27. The van der Waals surface area contributed by atoms with Gasteiger partial charge in [-0.1, -0.05) is 26.0 Å². The third-order valence-electron chi connectivity index (χ3n) is 2.88. The molecule has 0 spiro atoms. The third-order valence-corrected chi connectivity index (χ3v) is 3.68. The van der Waals surface area contributed by atoms with Crippen LogP contribution in [0, 0.1) is 0 Å². The van der Waals surface area contributed by atoms with Crippen LogP contribution in [-0.4, -0.2) is 15.2 Å². The van der Waals surface area contributed by atoms with Crippen LogP contribution in [0.4, 0.5) is 0 Å². The Bertz CT molecular complexity index is 707. The first-order chi connectivity index (χ1) is 10.2. The lowest BCUT2D eigenvalue weighted by Crippen LogP contribution is -1.97. The van der Waals surface area contributed by atoms with Gasteiger partial charge in [0.15, 0.2) is 6.61 Å². The normalized spacial score (nSPS) is 11.0. The summed E-state index contributed by atoms with van der Waals surface area (Å²) in [5.41, 5.74) is 0.969. The molecule has 0 aliphatic heterocycles. The fourth-order valence-electron chi connectivity index (χ4n) is 1.82. The molecule has 0 radical (unpaired) electrons. The van der Waals surface area contributed by atoms with Gasteiger partial charge >= 0.3 is 0 Å². The van der Waals surface area contributed by atoms with Gasteiger partial charge < -0.3 is 9.15 Å². The Morgan fingerprint density at radius 2 is 2.10 bits per heavy atom. The first kappa shape index (κ1) is 13.8. The van der Waals surface area contributed by atoms with Gasteiger partial charge in [-0.3, -0.25) is 0 Å². The van der Waals surface area contributed by atoms with E-state index in [1.165, 1.54) is 0 Å². The maximum atomic E-state index is 5.81.